The van der Waals surface area contributed by atoms with Crippen molar-refractivity contribution in [3.63, 3.8) is 0 Å². The van der Waals surface area contributed by atoms with Gasteiger partial charge in [-0.15, -0.1) is 0 Å². The largest absolute Gasteiger partial charge is 0.488 e. The Morgan fingerprint density at radius 2 is 1.69 bits per heavy atom. The van der Waals surface area contributed by atoms with Crippen LogP contribution in [0.4, 0.5) is 0 Å². The van der Waals surface area contributed by atoms with Gasteiger partial charge in [-0.2, -0.15) is 0 Å². The summed E-state index contributed by atoms with van der Waals surface area (Å²) in [6.45, 7) is 6.71. The van der Waals surface area contributed by atoms with Gasteiger partial charge in [-0.05, 0) is 52.9 Å². The van der Waals surface area contributed by atoms with Crippen LogP contribution in [0, 0.1) is 0 Å². The van der Waals surface area contributed by atoms with Crippen molar-refractivity contribution in [1.29, 1.82) is 0 Å². The molecule has 144 valence electrons. The van der Waals surface area contributed by atoms with Crippen molar-refractivity contribution in [3.05, 3.63) is 82.9 Å². The van der Waals surface area contributed by atoms with E-state index in [-0.39, 0.29) is 17.8 Å². The van der Waals surface area contributed by atoms with E-state index >= 15 is 0 Å². The molecule has 0 aliphatic carbocycles. The Balaban J connectivity index is 1.56. The first-order valence-electron chi connectivity index (χ1n) is 9.84. The number of benzene rings is 3. The summed E-state index contributed by atoms with van der Waals surface area (Å²) in [5.41, 5.74) is 5.09. The summed E-state index contributed by atoms with van der Waals surface area (Å²) in [5.74, 6) is 0.700. The van der Waals surface area contributed by atoms with Crippen LogP contribution >= 0.6 is 0 Å². The van der Waals surface area contributed by atoms with E-state index < -0.39 is 0 Å². The van der Waals surface area contributed by atoms with Crippen molar-refractivity contribution in [2.45, 2.75) is 26.2 Å². The number of rotatable bonds is 1. The molecule has 0 unspecified atom stereocenters. The normalized spacial score (nSPS) is 15.7. The lowest BCUT2D eigenvalue weighted by Gasteiger charge is -2.24. The number of Topliss-reactive ketones (excluding diaryl/α,β-unsaturated/α-hetero) is 1. The zero-order valence-electron chi connectivity index (χ0n) is 16.8. The molecule has 3 nitrogen and oxygen atoms in total. The molecule has 0 fully saturated rings. The van der Waals surface area contributed by atoms with E-state index in [2.05, 4.69) is 32.9 Å². The zero-order chi connectivity index (χ0) is 20.2. The molecule has 3 heteroatoms. The molecular formula is C26H22O3. The van der Waals surface area contributed by atoms with E-state index in [0.29, 0.717) is 16.9 Å². The fraction of sp³-hybridized carbons (Fsp3) is 0.192. The van der Waals surface area contributed by atoms with Gasteiger partial charge < -0.3 is 9.15 Å². The standard InChI is InChI=1S/C26H22O3/c1-26(2,3)18-9-11-22-21(14-18)25(27)17(15-28-22)12-16-8-10-24-20(13-16)19-6-4-5-7-23(19)29-24/h4-14H,15H2,1-3H3/b17-12+. The minimum atomic E-state index is -0.0238. The molecule has 0 atom stereocenters. The highest BCUT2D eigenvalue weighted by atomic mass is 16.5. The third kappa shape index (κ3) is 3.03. The van der Waals surface area contributed by atoms with Gasteiger partial charge in [0, 0.05) is 16.3 Å². The molecule has 0 amide bonds. The second-order valence-corrected chi connectivity index (χ2v) is 8.60. The van der Waals surface area contributed by atoms with Crippen LogP contribution in [0.2, 0.25) is 0 Å². The van der Waals surface area contributed by atoms with Gasteiger partial charge in [0.15, 0.2) is 5.78 Å². The van der Waals surface area contributed by atoms with Crippen LogP contribution in [0.1, 0.15) is 42.3 Å². The van der Waals surface area contributed by atoms with Gasteiger partial charge in [0.05, 0.1) is 5.56 Å². The highest BCUT2D eigenvalue weighted by Crippen LogP contribution is 2.34. The maximum atomic E-state index is 13.2. The Bertz CT molecular complexity index is 1300. The van der Waals surface area contributed by atoms with E-state index in [4.69, 9.17) is 9.15 Å². The minimum Gasteiger partial charge on any atom is -0.488 e. The number of ketones is 1. The molecule has 0 saturated heterocycles. The number of ether oxygens (including phenoxy) is 1. The molecule has 4 aromatic rings. The molecule has 29 heavy (non-hydrogen) atoms. The number of hydrogen-bond donors (Lipinski definition) is 0. The lowest BCUT2D eigenvalue weighted by Crippen LogP contribution is -2.21. The number of fused-ring (bicyclic) bond motifs is 4. The highest BCUT2D eigenvalue weighted by Gasteiger charge is 2.26. The molecule has 1 aliphatic heterocycles. The summed E-state index contributed by atoms with van der Waals surface area (Å²) in [4.78, 5) is 13.2. The van der Waals surface area contributed by atoms with Crippen LogP contribution in [0.3, 0.4) is 0 Å². The number of para-hydroxylation sites is 1. The van der Waals surface area contributed by atoms with Crippen LogP contribution in [0.5, 0.6) is 5.75 Å². The monoisotopic (exact) mass is 382 g/mol. The van der Waals surface area contributed by atoms with Gasteiger partial charge in [0.1, 0.15) is 23.5 Å². The maximum Gasteiger partial charge on any atom is 0.196 e. The van der Waals surface area contributed by atoms with Crippen molar-refractivity contribution in [2.75, 3.05) is 6.61 Å². The van der Waals surface area contributed by atoms with Crippen molar-refractivity contribution >= 4 is 33.8 Å². The fourth-order valence-corrected chi connectivity index (χ4v) is 3.84. The predicted octanol–water partition coefficient (Wildman–Crippen LogP) is 6.54. The van der Waals surface area contributed by atoms with Crippen molar-refractivity contribution < 1.29 is 13.9 Å². The zero-order valence-corrected chi connectivity index (χ0v) is 16.8. The quantitative estimate of drug-likeness (QED) is 0.351. The van der Waals surface area contributed by atoms with Gasteiger partial charge in [-0.1, -0.05) is 51.1 Å². The average Bonchev–Trinajstić information content (AvgIpc) is 3.07. The number of carbonyl (C=O) groups excluding carboxylic acids is 1. The van der Waals surface area contributed by atoms with Crippen LogP contribution < -0.4 is 4.74 Å². The lowest BCUT2D eigenvalue weighted by molar-refractivity contribution is 0.100. The summed E-state index contributed by atoms with van der Waals surface area (Å²) in [6.07, 6.45) is 1.93. The van der Waals surface area contributed by atoms with Crippen molar-refractivity contribution in [2.24, 2.45) is 0 Å². The molecule has 1 aliphatic rings. The van der Waals surface area contributed by atoms with Gasteiger partial charge in [0.25, 0.3) is 0 Å². The van der Waals surface area contributed by atoms with Crippen LogP contribution in [0.25, 0.3) is 28.0 Å². The molecule has 5 rings (SSSR count). The number of furan rings is 1. The summed E-state index contributed by atoms with van der Waals surface area (Å²) < 4.78 is 11.8. The summed E-state index contributed by atoms with van der Waals surface area (Å²) in [7, 11) is 0. The van der Waals surface area contributed by atoms with Crippen LogP contribution in [0.15, 0.2) is 70.7 Å². The van der Waals surface area contributed by atoms with E-state index in [1.165, 1.54) is 0 Å². The molecule has 0 bridgehead atoms. The molecule has 2 heterocycles. The SMILES string of the molecule is CC(C)(C)c1ccc2c(c1)C(=O)/C(=C/c1ccc3oc4ccccc4c3c1)CO2. The third-order valence-corrected chi connectivity index (χ3v) is 5.51. The van der Waals surface area contributed by atoms with Crippen LogP contribution in [-0.4, -0.2) is 12.4 Å². The first-order chi connectivity index (χ1) is 13.9. The molecule has 0 saturated carbocycles. The molecule has 3 aromatic carbocycles. The smallest absolute Gasteiger partial charge is 0.196 e. The molecule has 0 spiro atoms. The Morgan fingerprint density at radius 3 is 2.52 bits per heavy atom. The third-order valence-electron chi connectivity index (χ3n) is 5.51. The highest BCUT2D eigenvalue weighted by molar-refractivity contribution is 6.14. The van der Waals surface area contributed by atoms with E-state index in [0.717, 1.165) is 33.1 Å². The second kappa shape index (κ2) is 6.35. The van der Waals surface area contributed by atoms with E-state index in [1.807, 2.05) is 54.6 Å². The summed E-state index contributed by atoms with van der Waals surface area (Å²) in [6, 6.07) is 19.9. The molecule has 0 radical (unpaired) electrons. The lowest BCUT2D eigenvalue weighted by atomic mass is 9.84. The Kier molecular flexibility index (Phi) is 3.88. The van der Waals surface area contributed by atoms with E-state index in [9.17, 15) is 4.79 Å². The molecular weight excluding hydrogens is 360 g/mol. The minimum absolute atomic E-state index is 0.0238. The second-order valence-electron chi connectivity index (χ2n) is 8.60. The Hall–Kier alpha value is -3.33. The van der Waals surface area contributed by atoms with Gasteiger partial charge in [-0.25, -0.2) is 0 Å². The van der Waals surface area contributed by atoms with Crippen molar-refractivity contribution in [1.82, 2.24) is 0 Å². The predicted molar refractivity (Wildman–Crippen MR) is 117 cm³/mol. The number of hydrogen-bond acceptors (Lipinski definition) is 3. The average molecular weight is 382 g/mol. The Morgan fingerprint density at radius 1 is 0.897 bits per heavy atom. The van der Waals surface area contributed by atoms with Crippen LogP contribution in [-0.2, 0) is 5.41 Å². The van der Waals surface area contributed by atoms with Gasteiger partial charge >= 0.3 is 0 Å². The summed E-state index contributed by atoms with van der Waals surface area (Å²) >= 11 is 0. The first kappa shape index (κ1) is 17.7. The number of carbonyl (C=O) groups is 1. The maximum absolute atomic E-state index is 13.2. The Labute approximate surface area is 169 Å². The van der Waals surface area contributed by atoms with Gasteiger partial charge in [-0.3, -0.25) is 4.79 Å². The fourth-order valence-electron chi connectivity index (χ4n) is 3.84. The van der Waals surface area contributed by atoms with Gasteiger partial charge in [0.2, 0.25) is 0 Å². The first-order valence-corrected chi connectivity index (χ1v) is 9.84. The van der Waals surface area contributed by atoms with Crippen molar-refractivity contribution in [3.8, 4) is 5.75 Å². The summed E-state index contributed by atoms with van der Waals surface area (Å²) in [5, 5.41) is 2.13. The molecule has 0 N–H and O–H groups in total. The molecule has 1 aromatic heterocycles. The topological polar surface area (TPSA) is 39.4 Å². The van der Waals surface area contributed by atoms with E-state index in [1.54, 1.807) is 0 Å².